The standard InChI is InChI=1S/C19H27NO3/c1-15(19(23-2)16-9-4-3-5-10-16)8-6-12-18(22)20-13-7-11-17(20)14-21/h3-6,8-10,15,17,19,21H,7,11-14H2,1-2H3/b8-6+/t15-,17+,19+/m1/s1. The fourth-order valence-corrected chi connectivity index (χ4v) is 3.25. The molecule has 0 bridgehead atoms. The molecule has 2 rings (SSSR count). The molecule has 126 valence electrons. The van der Waals surface area contributed by atoms with Crippen LogP contribution in [0, 0.1) is 5.92 Å². The Morgan fingerprint density at radius 2 is 2.17 bits per heavy atom. The number of nitrogens with zero attached hydrogens (tertiary/aromatic N) is 1. The number of rotatable bonds is 7. The number of methoxy groups -OCH3 is 1. The second-order valence-corrected chi connectivity index (χ2v) is 6.12. The van der Waals surface area contributed by atoms with E-state index in [0.717, 1.165) is 24.9 Å². The zero-order valence-electron chi connectivity index (χ0n) is 14.0. The Balaban J connectivity index is 1.90. The molecular formula is C19H27NO3. The smallest absolute Gasteiger partial charge is 0.226 e. The first-order valence-corrected chi connectivity index (χ1v) is 8.32. The third kappa shape index (κ3) is 4.66. The Labute approximate surface area is 138 Å². The highest BCUT2D eigenvalue weighted by atomic mass is 16.5. The van der Waals surface area contributed by atoms with E-state index in [0.29, 0.717) is 6.42 Å². The quantitative estimate of drug-likeness (QED) is 0.787. The number of hydrogen-bond acceptors (Lipinski definition) is 3. The molecule has 0 spiro atoms. The summed E-state index contributed by atoms with van der Waals surface area (Å²) in [5.41, 5.74) is 1.14. The van der Waals surface area contributed by atoms with Gasteiger partial charge in [0.25, 0.3) is 0 Å². The average Bonchev–Trinajstić information content (AvgIpc) is 3.05. The molecule has 0 saturated carbocycles. The van der Waals surface area contributed by atoms with E-state index in [1.807, 2.05) is 30.4 Å². The number of amides is 1. The van der Waals surface area contributed by atoms with Crippen LogP contribution in [-0.4, -0.2) is 42.2 Å². The number of carbonyl (C=O) groups excluding carboxylic acids is 1. The van der Waals surface area contributed by atoms with Crippen LogP contribution in [0.15, 0.2) is 42.5 Å². The Bertz CT molecular complexity index is 515. The number of aliphatic hydroxyl groups excluding tert-OH is 1. The highest BCUT2D eigenvalue weighted by Crippen LogP contribution is 2.26. The van der Waals surface area contributed by atoms with Crippen LogP contribution < -0.4 is 0 Å². The lowest BCUT2D eigenvalue weighted by molar-refractivity contribution is -0.131. The molecule has 4 heteroatoms. The van der Waals surface area contributed by atoms with Crippen molar-refractivity contribution in [3.8, 4) is 0 Å². The molecule has 1 heterocycles. The van der Waals surface area contributed by atoms with Crippen molar-refractivity contribution < 1.29 is 14.6 Å². The van der Waals surface area contributed by atoms with Crippen molar-refractivity contribution in [3.05, 3.63) is 48.0 Å². The van der Waals surface area contributed by atoms with E-state index in [4.69, 9.17) is 4.74 Å². The van der Waals surface area contributed by atoms with Crippen LogP contribution in [0.25, 0.3) is 0 Å². The SMILES string of the molecule is CO[C@H](c1ccccc1)[C@H](C)/C=C/CC(=O)N1CCC[C@H]1CO. The van der Waals surface area contributed by atoms with Crippen molar-refractivity contribution in [2.24, 2.45) is 5.92 Å². The molecule has 1 N–H and O–H groups in total. The van der Waals surface area contributed by atoms with Crippen LogP contribution in [0.3, 0.4) is 0 Å². The van der Waals surface area contributed by atoms with Crippen LogP contribution in [0.1, 0.15) is 37.9 Å². The number of ether oxygens (including phenoxy) is 1. The van der Waals surface area contributed by atoms with E-state index in [2.05, 4.69) is 19.1 Å². The number of aliphatic hydroxyl groups is 1. The average molecular weight is 317 g/mol. The van der Waals surface area contributed by atoms with E-state index in [1.54, 1.807) is 12.0 Å². The number of hydrogen-bond donors (Lipinski definition) is 1. The molecule has 0 aromatic heterocycles. The summed E-state index contributed by atoms with van der Waals surface area (Å²) in [7, 11) is 1.71. The van der Waals surface area contributed by atoms with Gasteiger partial charge in [0, 0.05) is 26.0 Å². The van der Waals surface area contributed by atoms with Gasteiger partial charge in [-0.2, -0.15) is 0 Å². The zero-order chi connectivity index (χ0) is 16.7. The first-order chi connectivity index (χ1) is 11.2. The highest BCUT2D eigenvalue weighted by Gasteiger charge is 2.27. The molecule has 23 heavy (non-hydrogen) atoms. The van der Waals surface area contributed by atoms with Gasteiger partial charge in [-0.25, -0.2) is 0 Å². The second kappa shape index (κ2) is 8.85. The monoisotopic (exact) mass is 317 g/mol. The van der Waals surface area contributed by atoms with Crippen molar-refractivity contribution in [2.45, 2.75) is 38.3 Å². The third-order valence-electron chi connectivity index (χ3n) is 4.50. The maximum atomic E-state index is 12.2. The van der Waals surface area contributed by atoms with E-state index >= 15 is 0 Å². The normalized spacial score (nSPS) is 20.8. The van der Waals surface area contributed by atoms with Crippen LogP contribution in [0.5, 0.6) is 0 Å². The molecule has 3 atom stereocenters. The second-order valence-electron chi connectivity index (χ2n) is 6.12. The first kappa shape index (κ1) is 17.7. The molecule has 0 aliphatic carbocycles. The predicted octanol–water partition coefficient (Wildman–Crippen LogP) is 2.94. The maximum Gasteiger partial charge on any atom is 0.226 e. The van der Waals surface area contributed by atoms with Gasteiger partial charge in [0.05, 0.1) is 18.8 Å². The molecule has 1 fully saturated rings. The van der Waals surface area contributed by atoms with Crippen LogP contribution in [0.4, 0.5) is 0 Å². The molecule has 1 aromatic rings. The summed E-state index contributed by atoms with van der Waals surface area (Å²) in [6.45, 7) is 2.91. The lowest BCUT2D eigenvalue weighted by atomic mass is 9.96. The van der Waals surface area contributed by atoms with Gasteiger partial charge in [-0.3, -0.25) is 4.79 Å². The minimum atomic E-state index is -0.0143. The summed E-state index contributed by atoms with van der Waals surface area (Å²) in [5.74, 6) is 0.279. The van der Waals surface area contributed by atoms with Gasteiger partial charge in [-0.1, -0.05) is 49.4 Å². The minimum Gasteiger partial charge on any atom is -0.394 e. The Morgan fingerprint density at radius 3 is 2.83 bits per heavy atom. The summed E-state index contributed by atoms with van der Waals surface area (Å²) in [5, 5.41) is 9.30. The van der Waals surface area contributed by atoms with Crippen molar-refractivity contribution in [1.29, 1.82) is 0 Å². The fraction of sp³-hybridized carbons (Fsp3) is 0.526. The van der Waals surface area contributed by atoms with Crippen molar-refractivity contribution >= 4 is 5.91 Å². The van der Waals surface area contributed by atoms with Gasteiger partial charge in [0.2, 0.25) is 5.91 Å². The number of likely N-dealkylation sites (tertiary alicyclic amines) is 1. The summed E-state index contributed by atoms with van der Waals surface area (Å²) in [6.07, 6.45) is 6.22. The first-order valence-electron chi connectivity index (χ1n) is 8.32. The Hall–Kier alpha value is -1.65. The van der Waals surface area contributed by atoms with Gasteiger partial charge in [0.15, 0.2) is 0 Å². The van der Waals surface area contributed by atoms with E-state index in [9.17, 15) is 9.90 Å². The van der Waals surface area contributed by atoms with Gasteiger partial charge in [-0.05, 0) is 18.4 Å². The molecule has 1 amide bonds. The molecule has 1 saturated heterocycles. The van der Waals surface area contributed by atoms with Crippen LogP contribution in [0.2, 0.25) is 0 Å². The summed E-state index contributed by atoms with van der Waals surface area (Å²) >= 11 is 0. The largest absolute Gasteiger partial charge is 0.394 e. The molecular weight excluding hydrogens is 290 g/mol. The topological polar surface area (TPSA) is 49.8 Å². The summed E-state index contributed by atoms with van der Waals surface area (Å²) in [6, 6.07) is 10.1. The number of benzene rings is 1. The summed E-state index contributed by atoms with van der Waals surface area (Å²) < 4.78 is 5.61. The summed E-state index contributed by atoms with van der Waals surface area (Å²) in [4.78, 5) is 14.0. The molecule has 1 aliphatic rings. The van der Waals surface area contributed by atoms with E-state index in [-0.39, 0.29) is 30.6 Å². The van der Waals surface area contributed by atoms with Gasteiger partial charge >= 0.3 is 0 Å². The highest BCUT2D eigenvalue weighted by molar-refractivity contribution is 5.78. The lowest BCUT2D eigenvalue weighted by Crippen LogP contribution is -2.37. The Kier molecular flexibility index (Phi) is 6.81. The maximum absolute atomic E-state index is 12.2. The number of carbonyl (C=O) groups is 1. The third-order valence-corrected chi connectivity index (χ3v) is 4.50. The van der Waals surface area contributed by atoms with Gasteiger partial charge < -0.3 is 14.7 Å². The van der Waals surface area contributed by atoms with Crippen molar-refractivity contribution in [1.82, 2.24) is 4.90 Å². The van der Waals surface area contributed by atoms with E-state index < -0.39 is 0 Å². The molecule has 1 aliphatic heterocycles. The molecule has 0 unspecified atom stereocenters. The molecule has 1 aromatic carbocycles. The van der Waals surface area contributed by atoms with Gasteiger partial charge in [0.1, 0.15) is 0 Å². The van der Waals surface area contributed by atoms with Crippen LogP contribution in [-0.2, 0) is 9.53 Å². The fourth-order valence-electron chi connectivity index (χ4n) is 3.25. The van der Waals surface area contributed by atoms with Crippen molar-refractivity contribution in [2.75, 3.05) is 20.3 Å². The Morgan fingerprint density at radius 1 is 1.43 bits per heavy atom. The molecule has 0 radical (unpaired) electrons. The van der Waals surface area contributed by atoms with Crippen molar-refractivity contribution in [3.63, 3.8) is 0 Å². The zero-order valence-corrected chi connectivity index (χ0v) is 14.0. The lowest BCUT2D eigenvalue weighted by Gasteiger charge is -2.23. The van der Waals surface area contributed by atoms with E-state index in [1.165, 1.54) is 0 Å². The minimum absolute atomic E-state index is 0.00404. The van der Waals surface area contributed by atoms with Gasteiger partial charge in [-0.15, -0.1) is 0 Å². The predicted molar refractivity (Wildman–Crippen MR) is 90.9 cm³/mol. The molecule has 4 nitrogen and oxygen atoms in total. The van der Waals surface area contributed by atoms with Crippen LogP contribution >= 0.6 is 0 Å².